The number of piperazine rings is 1. The summed E-state index contributed by atoms with van der Waals surface area (Å²) in [5, 5.41) is 0. The lowest BCUT2D eigenvalue weighted by Crippen LogP contribution is -2.53. The van der Waals surface area contributed by atoms with Crippen LogP contribution in [0.3, 0.4) is 0 Å². The topological polar surface area (TPSA) is 79.4 Å². The van der Waals surface area contributed by atoms with Crippen LogP contribution in [0.4, 0.5) is 0 Å². The summed E-state index contributed by atoms with van der Waals surface area (Å²) >= 11 is 0. The van der Waals surface area contributed by atoms with Gasteiger partial charge in [0.15, 0.2) is 11.5 Å². The molecular formula is C29H39N3O5S. The molecule has 0 N–H and O–H groups in total. The lowest BCUT2D eigenvalue weighted by molar-refractivity contribution is -0.133. The Morgan fingerprint density at radius 3 is 2.26 bits per heavy atom. The largest absolute Gasteiger partial charge is 0.454 e. The van der Waals surface area contributed by atoms with Crippen molar-refractivity contribution < 1.29 is 22.7 Å². The number of aryl methyl sites for hydroxylation is 3. The van der Waals surface area contributed by atoms with Gasteiger partial charge in [0.2, 0.25) is 22.7 Å². The quantitative estimate of drug-likeness (QED) is 0.527. The van der Waals surface area contributed by atoms with Crippen molar-refractivity contribution in [3.63, 3.8) is 0 Å². The highest BCUT2D eigenvalue weighted by molar-refractivity contribution is 7.89. The second kappa shape index (κ2) is 11.2. The van der Waals surface area contributed by atoms with Gasteiger partial charge in [0, 0.05) is 38.8 Å². The smallest absolute Gasteiger partial charge is 0.244 e. The Morgan fingerprint density at radius 1 is 0.921 bits per heavy atom. The first-order valence-electron chi connectivity index (χ1n) is 13.7. The summed E-state index contributed by atoms with van der Waals surface area (Å²) in [5.41, 5.74) is 3.67. The van der Waals surface area contributed by atoms with Gasteiger partial charge in [-0.3, -0.25) is 9.69 Å². The Hall–Kier alpha value is -2.62. The Balaban J connectivity index is 1.27. The van der Waals surface area contributed by atoms with E-state index in [2.05, 4.69) is 4.90 Å². The molecular weight excluding hydrogens is 502 g/mol. The van der Waals surface area contributed by atoms with Gasteiger partial charge in [0.05, 0.1) is 11.4 Å². The van der Waals surface area contributed by atoms with E-state index in [-0.39, 0.29) is 25.3 Å². The molecule has 206 valence electrons. The molecule has 1 aliphatic carbocycles. The molecule has 0 spiro atoms. The predicted octanol–water partition coefficient (Wildman–Crippen LogP) is 4.01. The van der Waals surface area contributed by atoms with Crippen molar-refractivity contribution >= 4 is 15.9 Å². The van der Waals surface area contributed by atoms with Crippen molar-refractivity contribution in [2.75, 3.05) is 39.5 Å². The number of carbonyl (C=O) groups is 1. The number of nitrogens with zero attached hydrogens (tertiary/aromatic N) is 3. The number of hydrogen-bond donors (Lipinski definition) is 0. The van der Waals surface area contributed by atoms with Crippen LogP contribution < -0.4 is 9.47 Å². The first-order valence-corrected chi connectivity index (χ1v) is 15.1. The van der Waals surface area contributed by atoms with E-state index in [4.69, 9.17) is 9.47 Å². The molecule has 38 heavy (non-hydrogen) atoms. The fourth-order valence-electron chi connectivity index (χ4n) is 6.16. The van der Waals surface area contributed by atoms with E-state index in [1.807, 2.05) is 56.0 Å². The summed E-state index contributed by atoms with van der Waals surface area (Å²) < 4.78 is 40.6. The molecule has 1 saturated heterocycles. The Morgan fingerprint density at radius 2 is 1.58 bits per heavy atom. The minimum Gasteiger partial charge on any atom is -0.454 e. The van der Waals surface area contributed by atoms with Crippen molar-refractivity contribution in [2.45, 2.75) is 70.4 Å². The van der Waals surface area contributed by atoms with Gasteiger partial charge in [0.25, 0.3) is 0 Å². The van der Waals surface area contributed by atoms with Gasteiger partial charge in [-0.2, -0.15) is 4.31 Å². The molecule has 0 radical (unpaired) electrons. The zero-order valence-electron chi connectivity index (χ0n) is 22.7. The lowest BCUT2D eigenvalue weighted by atomic mass is 9.95. The van der Waals surface area contributed by atoms with Crippen LogP contribution in [0.25, 0.3) is 0 Å². The van der Waals surface area contributed by atoms with Crippen molar-refractivity contribution in [2.24, 2.45) is 0 Å². The number of amides is 1. The molecule has 2 fully saturated rings. The van der Waals surface area contributed by atoms with E-state index in [1.165, 1.54) is 4.31 Å². The molecule has 2 aliphatic heterocycles. The SMILES string of the molecule is Cc1cc(C)c(S(=O)(=O)N(CC(=O)N2CCN(Cc3ccc4c(c3)OCO4)CC2)C2CCCCC2)c(C)c1. The van der Waals surface area contributed by atoms with Crippen LogP contribution in [0.15, 0.2) is 35.2 Å². The number of benzene rings is 2. The van der Waals surface area contributed by atoms with Crippen LogP contribution in [0, 0.1) is 20.8 Å². The van der Waals surface area contributed by atoms with E-state index >= 15 is 0 Å². The van der Waals surface area contributed by atoms with Gasteiger partial charge in [0.1, 0.15) is 0 Å². The number of rotatable bonds is 7. The first kappa shape index (κ1) is 27.0. The minimum atomic E-state index is -3.82. The summed E-state index contributed by atoms with van der Waals surface area (Å²) in [6.07, 6.45) is 4.72. The molecule has 0 atom stereocenters. The molecule has 0 aromatic heterocycles. The van der Waals surface area contributed by atoms with Crippen LogP contribution in [-0.4, -0.2) is 74.0 Å². The molecule has 3 aliphatic rings. The molecule has 2 aromatic carbocycles. The zero-order chi connectivity index (χ0) is 26.9. The number of fused-ring (bicyclic) bond motifs is 1. The predicted molar refractivity (Wildman–Crippen MR) is 146 cm³/mol. The first-order chi connectivity index (χ1) is 18.2. The maximum atomic E-state index is 14.1. The second-order valence-corrected chi connectivity index (χ2v) is 12.7. The number of ether oxygens (including phenoxy) is 2. The van der Waals surface area contributed by atoms with E-state index in [0.29, 0.717) is 18.0 Å². The van der Waals surface area contributed by atoms with Crippen molar-refractivity contribution in [1.29, 1.82) is 0 Å². The van der Waals surface area contributed by atoms with Gasteiger partial charge in [-0.15, -0.1) is 0 Å². The molecule has 2 heterocycles. The number of carbonyl (C=O) groups excluding carboxylic acids is 1. The second-order valence-electron chi connectivity index (χ2n) is 10.9. The number of hydrogen-bond acceptors (Lipinski definition) is 6. The van der Waals surface area contributed by atoms with E-state index in [1.54, 1.807) is 0 Å². The third kappa shape index (κ3) is 5.70. The summed E-state index contributed by atoms with van der Waals surface area (Å²) in [4.78, 5) is 18.0. The highest BCUT2D eigenvalue weighted by Crippen LogP contribution is 2.33. The third-order valence-corrected chi connectivity index (χ3v) is 10.2. The molecule has 1 amide bonds. The maximum Gasteiger partial charge on any atom is 0.244 e. The summed E-state index contributed by atoms with van der Waals surface area (Å²) in [7, 11) is -3.82. The van der Waals surface area contributed by atoms with Gasteiger partial charge >= 0.3 is 0 Å². The van der Waals surface area contributed by atoms with Crippen LogP contribution in [0.2, 0.25) is 0 Å². The van der Waals surface area contributed by atoms with Crippen molar-refractivity contribution in [1.82, 2.24) is 14.1 Å². The van der Waals surface area contributed by atoms with Gasteiger partial charge in [-0.05, 0) is 62.4 Å². The van der Waals surface area contributed by atoms with E-state index in [0.717, 1.165) is 85.5 Å². The highest BCUT2D eigenvalue weighted by atomic mass is 32.2. The standard InChI is InChI=1S/C29H39N3O5S/c1-21-15-22(2)29(23(3)16-21)38(34,35)32(25-7-5-4-6-8-25)19-28(33)31-13-11-30(12-14-31)18-24-9-10-26-27(17-24)37-20-36-26/h9-10,15-17,25H,4-8,11-14,18-20H2,1-3H3. The molecule has 5 rings (SSSR count). The van der Waals surface area contributed by atoms with Gasteiger partial charge in [-0.1, -0.05) is 43.0 Å². The molecule has 0 bridgehead atoms. The molecule has 0 unspecified atom stereocenters. The minimum absolute atomic E-state index is 0.0953. The fraction of sp³-hybridized carbons (Fsp3) is 0.552. The monoisotopic (exact) mass is 541 g/mol. The molecule has 8 nitrogen and oxygen atoms in total. The van der Waals surface area contributed by atoms with Crippen LogP contribution in [0.5, 0.6) is 11.5 Å². The Kier molecular flexibility index (Phi) is 7.98. The zero-order valence-corrected chi connectivity index (χ0v) is 23.6. The van der Waals surface area contributed by atoms with Crippen LogP contribution in [0.1, 0.15) is 54.4 Å². The molecule has 9 heteroatoms. The van der Waals surface area contributed by atoms with Crippen molar-refractivity contribution in [3.8, 4) is 11.5 Å². The Bertz CT molecular complexity index is 1260. The maximum absolute atomic E-state index is 14.1. The molecule has 1 saturated carbocycles. The molecule has 2 aromatic rings. The normalized spacial score (nSPS) is 18.8. The summed E-state index contributed by atoms with van der Waals surface area (Å²) in [6, 6.07) is 9.70. The van der Waals surface area contributed by atoms with Crippen LogP contribution in [-0.2, 0) is 21.4 Å². The van der Waals surface area contributed by atoms with E-state index in [9.17, 15) is 13.2 Å². The fourth-order valence-corrected chi connectivity index (χ4v) is 8.21. The lowest BCUT2D eigenvalue weighted by Gasteiger charge is -2.38. The highest BCUT2D eigenvalue weighted by Gasteiger charge is 2.37. The summed E-state index contributed by atoms with van der Waals surface area (Å²) in [6.45, 7) is 9.28. The van der Waals surface area contributed by atoms with Crippen molar-refractivity contribution in [3.05, 3.63) is 52.6 Å². The van der Waals surface area contributed by atoms with Gasteiger partial charge < -0.3 is 14.4 Å². The van der Waals surface area contributed by atoms with Gasteiger partial charge in [-0.25, -0.2) is 8.42 Å². The van der Waals surface area contributed by atoms with Crippen LogP contribution >= 0.6 is 0 Å². The average molecular weight is 542 g/mol. The number of sulfonamides is 1. The summed E-state index contributed by atoms with van der Waals surface area (Å²) in [5.74, 6) is 1.45. The third-order valence-electron chi connectivity index (χ3n) is 8.01. The Labute approximate surface area is 226 Å². The van der Waals surface area contributed by atoms with E-state index < -0.39 is 10.0 Å². The average Bonchev–Trinajstić information content (AvgIpc) is 3.35.